The summed E-state index contributed by atoms with van der Waals surface area (Å²) in [5, 5.41) is 12.6. The van der Waals surface area contributed by atoms with Gasteiger partial charge >= 0.3 is 0 Å². The highest BCUT2D eigenvalue weighted by Gasteiger charge is 2.37. The van der Waals surface area contributed by atoms with Crippen LogP contribution in [-0.2, 0) is 10.0 Å². The molecule has 3 atom stereocenters. The lowest BCUT2D eigenvalue weighted by Crippen LogP contribution is -2.49. The Balaban J connectivity index is 2.61. The van der Waals surface area contributed by atoms with Crippen molar-refractivity contribution in [2.24, 2.45) is 5.92 Å². The summed E-state index contributed by atoms with van der Waals surface area (Å²) in [7, 11) is -1.91. The number of hydrogen-bond acceptors (Lipinski definition) is 5. The van der Waals surface area contributed by atoms with Gasteiger partial charge in [-0.05, 0) is 38.6 Å². The molecule has 1 aromatic carbocycles. The third-order valence-electron chi connectivity index (χ3n) is 4.46. The normalized spacial score (nSPS) is 25.0. The van der Waals surface area contributed by atoms with Crippen molar-refractivity contribution < 1.29 is 18.3 Å². The molecule has 0 amide bonds. The molecular formula is C18H28N2O4S. The van der Waals surface area contributed by atoms with Crippen LogP contribution in [0.4, 0.5) is 0 Å². The SMILES string of the molecule is CC=Cc1ccc2c(c1)O[C@H](CNC)[C@@H](C)CN([C@H](C)CO)S2(=O)=O. The second-order valence-electron chi connectivity index (χ2n) is 6.50. The monoisotopic (exact) mass is 368 g/mol. The third-order valence-corrected chi connectivity index (χ3v) is 6.48. The molecule has 0 radical (unpaired) electrons. The van der Waals surface area contributed by atoms with E-state index in [-0.39, 0.29) is 23.5 Å². The number of likely N-dealkylation sites (N-methyl/N-ethyl adjacent to an activating group) is 1. The van der Waals surface area contributed by atoms with Crippen LogP contribution >= 0.6 is 0 Å². The molecule has 1 aliphatic heterocycles. The first kappa shape index (κ1) is 19.9. The average Bonchev–Trinajstić information content (AvgIpc) is 2.57. The van der Waals surface area contributed by atoms with E-state index in [1.54, 1.807) is 25.1 Å². The third kappa shape index (κ3) is 4.23. The van der Waals surface area contributed by atoms with Gasteiger partial charge in [-0.25, -0.2) is 8.42 Å². The van der Waals surface area contributed by atoms with Gasteiger partial charge in [0.25, 0.3) is 0 Å². The van der Waals surface area contributed by atoms with Crippen molar-refractivity contribution in [2.45, 2.75) is 37.8 Å². The van der Waals surface area contributed by atoms with Crippen molar-refractivity contribution in [1.29, 1.82) is 0 Å². The molecule has 1 aromatic rings. The van der Waals surface area contributed by atoms with Gasteiger partial charge in [-0.2, -0.15) is 4.31 Å². The molecule has 0 saturated carbocycles. The van der Waals surface area contributed by atoms with Crippen molar-refractivity contribution in [3.8, 4) is 5.75 Å². The largest absolute Gasteiger partial charge is 0.487 e. The summed E-state index contributed by atoms with van der Waals surface area (Å²) in [5.41, 5.74) is 0.884. The van der Waals surface area contributed by atoms with Crippen molar-refractivity contribution in [3.05, 3.63) is 29.8 Å². The second-order valence-corrected chi connectivity index (χ2v) is 8.36. The highest BCUT2D eigenvalue weighted by atomic mass is 32.2. The molecule has 0 fully saturated rings. The van der Waals surface area contributed by atoms with E-state index in [1.807, 2.05) is 33.0 Å². The van der Waals surface area contributed by atoms with Gasteiger partial charge in [0.1, 0.15) is 16.7 Å². The van der Waals surface area contributed by atoms with Crippen LogP contribution in [0.5, 0.6) is 5.75 Å². The Hall–Kier alpha value is -1.41. The van der Waals surface area contributed by atoms with Gasteiger partial charge in [-0.15, -0.1) is 0 Å². The first-order chi connectivity index (χ1) is 11.8. The van der Waals surface area contributed by atoms with Gasteiger partial charge in [0, 0.05) is 25.0 Å². The summed E-state index contributed by atoms with van der Waals surface area (Å²) in [6.45, 7) is 6.27. The van der Waals surface area contributed by atoms with Crippen molar-refractivity contribution in [1.82, 2.24) is 9.62 Å². The predicted octanol–water partition coefficient (Wildman–Crippen LogP) is 1.71. The highest BCUT2D eigenvalue weighted by Crippen LogP contribution is 2.34. The second kappa shape index (κ2) is 8.31. The molecule has 6 nitrogen and oxygen atoms in total. The maximum atomic E-state index is 13.2. The van der Waals surface area contributed by atoms with E-state index in [4.69, 9.17) is 4.74 Å². The summed E-state index contributed by atoms with van der Waals surface area (Å²) in [6.07, 6.45) is 3.63. The van der Waals surface area contributed by atoms with Gasteiger partial charge < -0.3 is 15.2 Å². The Bertz CT molecular complexity index is 718. The number of aliphatic hydroxyl groups is 1. The standard InChI is InChI=1S/C18H28N2O4S/c1-5-6-15-7-8-18-16(9-15)24-17(10-19-4)13(2)11-20(14(3)12-21)25(18,22)23/h5-9,13-14,17,19,21H,10-12H2,1-4H3/t13-,14+,17+/m0/s1. The number of benzene rings is 1. The molecule has 0 unspecified atom stereocenters. The Morgan fingerprint density at radius 1 is 1.48 bits per heavy atom. The lowest BCUT2D eigenvalue weighted by atomic mass is 10.0. The molecule has 0 aromatic heterocycles. The van der Waals surface area contributed by atoms with E-state index in [0.29, 0.717) is 18.8 Å². The van der Waals surface area contributed by atoms with Crippen molar-refractivity contribution in [2.75, 3.05) is 26.7 Å². The van der Waals surface area contributed by atoms with Crippen LogP contribution < -0.4 is 10.1 Å². The zero-order valence-corrected chi connectivity index (χ0v) is 16.1. The first-order valence-corrected chi connectivity index (χ1v) is 9.99. The quantitative estimate of drug-likeness (QED) is 0.827. The van der Waals surface area contributed by atoms with E-state index in [9.17, 15) is 13.5 Å². The number of aliphatic hydroxyl groups excluding tert-OH is 1. The minimum absolute atomic E-state index is 0.0326. The lowest BCUT2D eigenvalue weighted by Gasteiger charge is -2.36. The van der Waals surface area contributed by atoms with E-state index < -0.39 is 16.1 Å². The van der Waals surface area contributed by atoms with Gasteiger partial charge in [-0.3, -0.25) is 0 Å². The fourth-order valence-corrected chi connectivity index (χ4v) is 4.81. The molecule has 7 heteroatoms. The summed E-state index contributed by atoms with van der Waals surface area (Å²) >= 11 is 0. The van der Waals surface area contributed by atoms with Crippen LogP contribution in [0.3, 0.4) is 0 Å². The minimum Gasteiger partial charge on any atom is -0.487 e. The van der Waals surface area contributed by atoms with E-state index in [1.165, 1.54) is 4.31 Å². The topological polar surface area (TPSA) is 78.9 Å². The Morgan fingerprint density at radius 3 is 2.80 bits per heavy atom. The number of nitrogens with one attached hydrogen (secondary N) is 1. The van der Waals surface area contributed by atoms with Gasteiger partial charge in [0.15, 0.2) is 0 Å². The van der Waals surface area contributed by atoms with E-state index in [0.717, 1.165) is 5.56 Å². The zero-order valence-electron chi connectivity index (χ0n) is 15.3. The van der Waals surface area contributed by atoms with Crippen molar-refractivity contribution >= 4 is 16.1 Å². The van der Waals surface area contributed by atoms with E-state index in [2.05, 4.69) is 5.32 Å². The highest BCUT2D eigenvalue weighted by molar-refractivity contribution is 7.89. The Labute approximate surface area is 150 Å². The summed E-state index contributed by atoms with van der Waals surface area (Å²) in [4.78, 5) is 0.147. The molecule has 2 N–H and O–H groups in total. The molecule has 1 aliphatic rings. The van der Waals surface area contributed by atoms with Crippen molar-refractivity contribution in [3.63, 3.8) is 0 Å². The van der Waals surface area contributed by atoms with Crippen LogP contribution in [0, 0.1) is 5.92 Å². The molecule has 140 valence electrons. The van der Waals surface area contributed by atoms with Gasteiger partial charge in [0.05, 0.1) is 6.61 Å². The van der Waals surface area contributed by atoms with E-state index >= 15 is 0 Å². The number of allylic oxidation sites excluding steroid dienone is 1. The maximum Gasteiger partial charge on any atom is 0.247 e. The minimum atomic E-state index is -3.75. The number of hydrogen-bond donors (Lipinski definition) is 2. The number of fused-ring (bicyclic) bond motifs is 1. The van der Waals surface area contributed by atoms with Crippen LogP contribution in [0.15, 0.2) is 29.2 Å². The summed E-state index contributed by atoms with van der Waals surface area (Å²) < 4.78 is 33.8. The molecule has 0 bridgehead atoms. The molecule has 25 heavy (non-hydrogen) atoms. The number of sulfonamides is 1. The first-order valence-electron chi connectivity index (χ1n) is 8.55. The Kier molecular flexibility index (Phi) is 6.62. The molecule has 1 heterocycles. The molecular weight excluding hydrogens is 340 g/mol. The number of ether oxygens (including phenoxy) is 1. The van der Waals surface area contributed by atoms with Gasteiger partial charge in [0.2, 0.25) is 10.0 Å². The predicted molar refractivity (Wildman–Crippen MR) is 99.1 cm³/mol. The number of nitrogens with zero attached hydrogens (tertiary/aromatic N) is 1. The molecule has 0 saturated heterocycles. The fourth-order valence-electron chi connectivity index (χ4n) is 2.98. The Morgan fingerprint density at radius 2 is 2.20 bits per heavy atom. The molecule has 0 aliphatic carbocycles. The summed E-state index contributed by atoms with van der Waals surface area (Å²) in [5.74, 6) is 0.326. The van der Waals surface area contributed by atoms with Gasteiger partial charge in [-0.1, -0.05) is 25.1 Å². The van der Waals surface area contributed by atoms with Crippen LogP contribution in [0.1, 0.15) is 26.3 Å². The van der Waals surface area contributed by atoms with Crippen LogP contribution in [-0.4, -0.2) is 56.7 Å². The van der Waals surface area contributed by atoms with Crippen LogP contribution in [0.2, 0.25) is 0 Å². The maximum absolute atomic E-state index is 13.2. The smallest absolute Gasteiger partial charge is 0.247 e. The fraction of sp³-hybridized carbons (Fsp3) is 0.556. The van der Waals surface area contributed by atoms with Crippen LogP contribution in [0.25, 0.3) is 6.08 Å². The molecule has 2 rings (SSSR count). The summed E-state index contributed by atoms with van der Waals surface area (Å²) in [6, 6.07) is 4.61. The molecule has 0 spiro atoms. The number of rotatable bonds is 5. The average molecular weight is 368 g/mol. The lowest BCUT2D eigenvalue weighted by molar-refractivity contribution is 0.103. The zero-order chi connectivity index (χ0) is 18.6.